The minimum absolute atomic E-state index is 0.0264. The Morgan fingerprint density at radius 1 is 1.17 bits per heavy atom. The summed E-state index contributed by atoms with van der Waals surface area (Å²) in [5, 5.41) is 15.5. The van der Waals surface area contributed by atoms with Crippen molar-refractivity contribution < 1.29 is 9.90 Å². The van der Waals surface area contributed by atoms with Crippen molar-refractivity contribution in [1.29, 1.82) is 0 Å². The molecule has 0 saturated heterocycles. The Kier molecular flexibility index (Phi) is 5.77. The van der Waals surface area contributed by atoms with E-state index in [4.69, 9.17) is 0 Å². The number of urea groups is 1. The molecule has 1 aliphatic heterocycles. The highest BCUT2D eigenvalue weighted by Gasteiger charge is 2.22. The van der Waals surface area contributed by atoms with E-state index in [-0.39, 0.29) is 24.7 Å². The number of carbonyl (C=O) groups excluding carboxylic acids is 1. The van der Waals surface area contributed by atoms with Crippen LogP contribution in [0.2, 0.25) is 0 Å². The number of amides is 2. The molecule has 0 spiro atoms. The van der Waals surface area contributed by atoms with Crippen molar-refractivity contribution in [2.75, 3.05) is 12.4 Å². The molecule has 0 bridgehead atoms. The summed E-state index contributed by atoms with van der Waals surface area (Å²) < 4.78 is 0. The molecule has 126 valence electrons. The van der Waals surface area contributed by atoms with Crippen molar-refractivity contribution in [2.24, 2.45) is 0 Å². The second-order valence-electron chi connectivity index (χ2n) is 5.91. The quantitative estimate of drug-likeness (QED) is 0.782. The lowest BCUT2D eigenvalue weighted by molar-refractivity contribution is 0.212. The molecule has 2 atom stereocenters. The number of rotatable bonds is 5. The molecular weight excluding hydrogens is 320 g/mol. The summed E-state index contributed by atoms with van der Waals surface area (Å²) in [6.45, 7) is -0.0839. The van der Waals surface area contributed by atoms with Crippen LogP contribution in [0.3, 0.4) is 0 Å². The maximum absolute atomic E-state index is 12.3. The van der Waals surface area contributed by atoms with Gasteiger partial charge in [-0.25, -0.2) is 4.79 Å². The molecule has 0 aliphatic carbocycles. The molecule has 0 saturated carbocycles. The van der Waals surface area contributed by atoms with Crippen molar-refractivity contribution in [3.05, 3.63) is 65.7 Å². The number of carbonyl (C=O) groups is 1. The van der Waals surface area contributed by atoms with E-state index in [1.165, 1.54) is 10.5 Å². The highest BCUT2D eigenvalue weighted by atomic mass is 32.2. The van der Waals surface area contributed by atoms with Gasteiger partial charge < -0.3 is 15.7 Å². The Morgan fingerprint density at radius 2 is 1.92 bits per heavy atom. The highest BCUT2D eigenvalue weighted by molar-refractivity contribution is 7.99. The van der Waals surface area contributed by atoms with E-state index in [1.807, 2.05) is 54.2 Å². The second kappa shape index (κ2) is 8.22. The minimum Gasteiger partial charge on any atom is -0.394 e. The van der Waals surface area contributed by atoms with Crippen LogP contribution >= 0.6 is 11.8 Å². The van der Waals surface area contributed by atoms with Crippen LogP contribution in [0, 0.1) is 0 Å². The van der Waals surface area contributed by atoms with E-state index >= 15 is 0 Å². The Balaban J connectivity index is 1.59. The first kappa shape index (κ1) is 16.9. The molecule has 0 fully saturated rings. The van der Waals surface area contributed by atoms with Crippen molar-refractivity contribution in [2.45, 2.75) is 29.8 Å². The molecule has 0 aromatic heterocycles. The monoisotopic (exact) mass is 342 g/mol. The number of benzene rings is 2. The fourth-order valence-electron chi connectivity index (χ4n) is 2.94. The van der Waals surface area contributed by atoms with E-state index in [1.54, 1.807) is 0 Å². The summed E-state index contributed by atoms with van der Waals surface area (Å²) in [7, 11) is 0. The van der Waals surface area contributed by atoms with Crippen LogP contribution in [0.15, 0.2) is 59.5 Å². The standard InChI is InChI=1S/C19H22N2O2S/c22-13-15(12-14-6-2-1-3-7-14)20-19(23)21-17-10-11-24-18-9-5-4-8-16(17)18/h1-9,15,17,22H,10-13H2,(H2,20,21,23). The highest BCUT2D eigenvalue weighted by Crippen LogP contribution is 2.35. The van der Waals surface area contributed by atoms with Crippen LogP contribution < -0.4 is 10.6 Å². The molecule has 2 aromatic carbocycles. The molecule has 4 nitrogen and oxygen atoms in total. The first-order valence-electron chi connectivity index (χ1n) is 8.20. The van der Waals surface area contributed by atoms with Crippen LogP contribution in [0.5, 0.6) is 0 Å². The Morgan fingerprint density at radius 3 is 2.71 bits per heavy atom. The number of thioether (sulfide) groups is 1. The number of hydrogen-bond acceptors (Lipinski definition) is 3. The maximum atomic E-state index is 12.3. The third kappa shape index (κ3) is 4.30. The summed E-state index contributed by atoms with van der Waals surface area (Å²) in [5.41, 5.74) is 2.27. The first-order chi connectivity index (χ1) is 11.8. The van der Waals surface area contributed by atoms with Gasteiger partial charge >= 0.3 is 6.03 Å². The van der Waals surface area contributed by atoms with Gasteiger partial charge in [0.05, 0.1) is 18.7 Å². The van der Waals surface area contributed by atoms with Gasteiger partial charge in [0, 0.05) is 10.6 Å². The summed E-state index contributed by atoms with van der Waals surface area (Å²) in [6, 6.07) is 17.6. The molecular formula is C19H22N2O2S. The van der Waals surface area contributed by atoms with Gasteiger partial charge in [0.1, 0.15) is 0 Å². The van der Waals surface area contributed by atoms with Gasteiger partial charge in [-0.2, -0.15) is 0 Å². The number of fused-ring (bicyclic) bond motifs is 1. The van der Waals surface area contributed by atoms with Gasteiger partial charge in [-0.15, -0.1) is 11.8 Å². The molecule has 3 rings (SSSR count). The normalized spacial score (nSPS) is 17.6. The fourth-order valence-corrected chi connectivity index (χ4v) is 4.06. The summed E-state index contributed by atoms with van der Waals surface area (Å²) >= 11 is 1.83. The Labute approximate surface area is 146 Å². The number of nitrogens with one attached hydrogen (secondary N) is 2. The third-order valence-corrected chi connectivity index (χ3v) is 5.27. The van der Waals surface area contributed by atoms with Gasteiger partial charge in [0.2, 0.25) is 0 Å². The zero-order valence-electron chi connectivity index (χ0n) is 13.4. The number of aliphatic hydroxyl groups excluding tert-OH is 1. The molecule has 2 aromatic rings. The van der Waals surface area contributed by atoms with Crippen molar-refractivity contribution >= 4 is 17.8 Å². The third-order valence-electron chi connectivity index (χ3n) is 4.14. The van der Waals surface area contributed by atoms with Gasteiger partial charge in [0.25, 0.3) is 0 Å². The SMILES string of the molecule is O=C(NC(CO)Cc1ccccc1)NC1CCSc2ccccc21. The second-order valence-corrected chi connectivity index (χ2v) is 7.05. The topological polar surface area (TPSA) is 61.4 Å². The largest absolute Gasteiger partial charge is 0.394 e. The van der Waals surface area contributed by atoms with Gasteiger partial charge in [-0.05, 0) is 30.0 Å². The van der Waals surface area contributed by atoms with Crippen LogP contribution in [-0.4, -0.2) is 29.5 Å². The molecule has 2 unspecified atom stereocenters. The molecule has 2 amide bonds. The summed E-state index contributed by atoms with van der Waals surface area (Å²) in [5.74, 6) is 0.995. The lowest BCUT2D eigenvalue weighted by atomic mass is 10.0. The maximum Gasteiger partial charge on any atom is 0.315 e. The molecule has 1 aliphatic rings. The molecule has 24 heavy (non-hydrogen) atoms. The Hall–Kier alpha value is -1.98. The molecule has 0 radical (unpaired) electrons. The van der Waals surface area contributed by atoms with Crippen LogP contribution in [0.4, 0.5) is 4.79 Å². The first-order valence-corrected chi connectivity index (χ1v) is 9.18. The van der Waals surface area contributed by atoms with Gasteiger partial charge in [0.15, 0.2) is 0 Å². The Bertz CT molecular complexity index is 678. The zero-order chi connectivity index (χ0) is 16.8. The van der Waals surface area contributed by atoms with Gasteiger partial charge in [-0.3, -0.25) is 0 Å². The lowest BCUT2D eigenvalue weighted by Crippen LogP contribution is -2.46. The average Bonchev–Trinajstić information content (AvgIpc) is 2.62. The van der Waals surface area contributed by atoms with Crippen molar-refractivity contribution in [3.63, 3.8) is 0 Å². The van der Waals surface area contributed by atoms with E-state index in [2.05, 4.69) is 22.8 Å². The van der Waals surface area contributed by atoms with Gasteiger partial charge in [-0.1, -0.05) is 48.5 Å². The predicted molar refractivity (Wildman–Crippen MR) is 97.2 cm³/mol. The smallest absolute Gasteiger partial charge is 0.315 e. The number of aliphatic hydroxyl groups is 1. The van der Waals surface area contributed by atoms with E-state index in [9.17, 15) is 9.90 Å². The molecule has 5 heteroatoms. The van der Waals surface area contributed by atoms with Crippen molar-refractivity contribution in [1.82, 2.24) is 10.6 Å². The van der Waals surface area contributed by atoms with E-state index in [0.717, 1.165) is 17.7 Å². The van der Waals surface area contributed by atoms with Crippen LogP contribution in [0.25, 0.3) is 0 Å². The van der Waals surface area contributed by atoms with Crippen LogP contribution in [-0.2, 0) is 6.42 Å². The molecule has 1 heterocycles. The lowest BCUT2D eigenvalue weighted by Gasteiger charge is -2.27. The van der Waals surface area contributed by atoms with Crippen LogP contribution in [0.1, 0.15) is 23.6 Å². The number of hydrogen-bond donors (Lipinski definition) is 3. The summed E-state index contributed by atoms with van der Waals surface area (Å²) in [4.78, 5) is 13.6. The van der Waals surface area contributed by atoms with E-state index < -0.39 is 0 Å². The van der Waals surface area contributed by atoms with Crippen molar-refractivity contribution in [3.8, 4) is 0 Å². The fraction of sp³-hybridized carbons (Fsp3) is 0.316. The zero-order valence-corrected chi connectivity index (χ0v) is 14.3. The average molecular weight is 342 g/mol. The molecule has 3 N–H and O–H groups in total. The minimum atomic E-state index is -0.291. The van der Waals surface area contributed by atoms with E-state index in [0.29, 0.717) is 6.42 Å². The summed E-state index contributed by atoms with van der Waals surface area (Å²) in [6.07, 6.45) is 1.53. The predicted octanol–water partition coefficient (Wildman–Crippen LogP) is 3.13.